The van der Waals surface area contributed by atoms with Gasteiger partial charge in [0.1, 0.15) is 0 Å². The Morgan fingerprint density at radius 2 is 2.50 bits per heavy atom. The number of hydrogen-bond acceptors (Lipinski definition) is 1. The van der Waals surface area contributed by atoms with E-state index in [-0.39, 0.29) is 0 Å². The van der Waals surface area contributed by atoms with Crippen LogP contribution < -0.4 is 0 Å². The molecule has 1 fully saturated rings. The molecule has 8 heavy (non-hydrogen) atoms. The van der Waals surface area contributed by atoms with Gasteiger partial charge in [-0.3, -0.25) is 0 Å². The third kappa shape index (κ3) is 1.51. The Hall–Kier alpha value is 0.0249. The van der Waals surface area contributed by atoms with E-state index in [1.807, 2.05) is 0 Å². The molecule has 0 atom stereocenters. The number of rotatable bonds is 2. The summed E-state index contributed by atoms with van der Waals surface area (Å²) in [5.74, 6) is 0. The lowest BCUT2D eigenvalue weighted by molar-refractivity contribution is 0.473. The molecule has 1 heterocycles. The van der Waals surface area contributed by atoms with Crippen molar-refractivity contribution in [2.75, 3.05) is 13.1 Å². The lowest BCUT2D eigenvalue weighted by atomic mass is 9.91. The highest BCUT2D eigenvalue weighted by atomic mass is 15.0. The molecule has 1 radical (unpaired) electrons. The Morgan fingerprint density at radius 1 is 1.62 bits per heavy atom. The molecular weight excluding hydrogens is 96.9 g/mol. The lowest BCUT2D eigenvalue weighted by Crippen LogP contribution is -2.22. The topological polar surface area (TPSA) is 3.24 Å². The van der Waals surface area contributed by atoms with Crippen LogP contribution in [0.2, 0.25) is 6.32 Å². The van der Waals surface area contributed by atoms with Crippen molar-refractivity contribution < 1.29 is 0 Å². The van der Waals surface area contributed by atoms with Gasteiger partial charge in [-0.1, -0.05) is 13.2 Å². The van der Waals surface area contributed by atoms with E-state index >= 15 is 0 Å². The van der Waals surface area contributed by atoms with Crippen molar-refractivity contribution in [2.45, 2.75) is 26.1 Å². The minimum atomic E-state index is 1.26. The predicted octanol–water partition coefficient (Wildman–Crippen LogP) is 1.14. The molecule has 0 aromatic rings. The second-order valence-corrected chi connectivity index (χ2v) is 2.36. The van der Waals surface area contributed by atoms with E-state index in [4.69, 9.17) is 0 Å². The summed E-state index contributed by atoms with van der Waals surface area (Å²) < 4.78 is 0. The van der Waals surface area contributed by atoms with Crippen LogP contribution in [0.25, 0.3) is 0 Å². The van der Waals surface area contributed by atoms with Crippen LogP contribution >= 0.6 is 0 Å². The molecule has 1 nitrogen and oxygen atoms in total. The van der Waals surface area contributed by atoms with Gasteiger partial charge < -0.3 is 4.81 Å². The molecule has 0 N–H and O–H groups in total. The van der Waals surface area contributed by atoms with Crippen molar-refractivity contribution >= 4 is 7.41 Å². The zero-order valence-electron chi connectivity index (χ0n) is 5.56. The van der Waals surface area contributed by atoms with E-state index in [9.17, 15) is 0 Å². The Balaban J connectivity index is 2.06. The van der Waals surface area contributed by atoms with Gasteiger partial charge in [0.25, 0.3) is 0 Å². The maximum absolute atomic E-state index is 2.42. The van der Waals surface area contributed by atoms with Gasteiger partial charge in [-0.25, -0.2) is 0 Å². The van der Waals surface area contributed by atoms with Gasteiger partial charge >= 0.3 is 0 Å². The summed E-state index contributed by atoms with van der Waals surface area (Å²) in [6, 6.07) is 0. The molecule has 2 heteroatoms. The summed E-state index contributed by atoms with van der Waals surface area (Å²) >= 11 is 0. The van der Waals surface area contributed by atoms with Gasteiger partial charge in [-0.2, -0.15) is 0 Å². The summed E-state index contributed by atoms with van der Waals surface area (Å²) in [5.41, 5.74) is 0. The quantitative estimate of drug-likeness (QED) is 0.481. The first-order valence-electron chi connectivity index (χ1n) is 3.51. The Labute approximate surface area is 52.3 Å². The SMILES string of the molecule is CCCN1[B]CCC1. The fraction of sp³-hybridized carbons (Fsp3) is 1.00. The van der Waals surface area contributed by atoms with E-state index < -0.39 is 0 Å². The summed E-state index contributed by atoms with van der Waals surface area (Å²) in [6.45, 7) is 4.79. The highest BCUT2D eigenvalue weighted by Crippen LogP contribution is 2.05. The number of hydrogen-bond donors (Lipinski definition) is 0. The van der Waals surface area contributed by atoms with Gasteiger partial charge in [0, 0.05) is 0 Å². The van der Waals surface area contributed by atoms with Crippen LogP contribution in [0.4, 0.5) is 0 Å². The van der Waals surface area contributed by atoms with Crippen molar-refractivity contribution in [3.63, 3.8) is 0 Å². The van der Waals surface area contributed by atoms with Crippen LogP contribution in [0.15, 0.2) is 0 Å². The smallest absolute Gasteiger partial charge is 0.208 e. The average molecular weight is 110 g/mol. The second-order valence-electron chi connectivity index (χ2n) is 2.36. The zero-order valence-corrected chi connectivity index (χ0v) is 5.56. The minimum Gasteiger partial charge on any atom is -0.347 e. The second kappa shape index (κ2) is 3.13. The maximum Gasteiger partial charge on any atom is 0.208 e. The van der Waals surface area contributed by atoms with Crippen LogP contribution in [0.3, 0.4) is 0 Å². The van der Waals surface area contributed by atoms with E-state index in [1.54, 1.807) is 0 Å². The Bertz CT molecular complexity index is 59.5. The van der Waals surface area contributed by atoms with E-state index in [1.165, 1.54) is 32.3 Å². The lowest BCUT2D eigenvalue weighted by Gasteiger charge is -2.10. The Morgan fingerprint density at radius 3 is 3.00 bits per heavy atom. The fourth-order valence-electron chi connectivity index (χ4n) is 1.15. The van der Waals surface area contributed by atoms with E-state index in [0.29, 0.717) is 0 Å². The molecule has 0 aliphatic carbocycles. The maximum atomic E-state index is 2.42. The molecular formula is C6H13BN. The summed E-state index contributed by atoms with van der Waals surface area (Å²) in [6.07, 6.45) is 3.97. The van der Waals surface area contributed by atoms with Gasteiger partial charge in [-0.05, 0) is 25.9 Å². The molecule has 1 aliphatic rings. The summed E-state index contributed by atoms with van der Waals surface area (Å²) in [4.78, 5) is 2.42. The van der Waals surface area contributed by atoms with Crippen LogP contribution in [0, 0.1) is 0 Å². The third-order valence-electron chi connectivity index (χ3n) is 1.55. The van der Waals surface area contributed by atoms with Crippen LogP contribution in [0.1, 0.15) is 19.8 Å². The van der Waals surface area contributed by atoms with Crippen molar-refractivity contribution in [3.05, 3.63) is 0 Å². The van der Waals surface area contributed by atoms with Crippen molar-refractivity contribution in [1.29, 1.82) is 0 Å². The van der Waals surface area contributed by atoms with Crippen molar-refractivity contribution in [2.24, 2.45) is 0 Å². The molecule has 0 bridgehead atoms. The molecule has 45 valence electrons. The molecule has 1 rings (SSSR count). The number of nitrogens with zero attached hydrogens (tertiary/aromatic N) is 1. The molecule has 1 aliphatic heterocycles. The van der Waals surface area contributed by atoms with Crippen molar-refractivity contribution in [3.8, 4) is 0 Å². The van der Waals surface area contributed by atoms with E-state index in [2.05, 4.69) is 19.1 Å². The minimum absolute atomic E-state index is 1.26. The Kier molecular flexibility index (Phi) is 2.41. The molecule has 0 spiro atoms. The molecule has 0 aromatic heterocycles. The first-order chi connectivity index (χ1) is 3.93. The van der Waals surface area contributed by atoms with Crippen LogP contribution in [0.5, 0.6) is 0 Å². The molecule has 0 aromatic carbocycles. The van der Waals surface area contributed by atoms with Crippen LogP contribution in [-0.4, -0.2) is 25.3 Å². The molecule has 1 saturated heterocycles. The summed E-state index contributed by atoms with van der Waals surface area (Å²) in [5, 5.41) is 0. The zero-order chi connectivity index (χ0) is 5.82. The van der Waals surface area contributed by atoms with Crippen LogP contribution in [-0.2, 0) is 0 Å². The molecule has 0 saturated carbocycles. The normalized spacial score (nSPS) is 21.1. The van der Waals surface area contributed by atoms with Gasteiger partial charge in [0.2, 0.25) is 7.41 Å². The largest absolute Gasteiger partial charge is 0.347 e. The van der Waals surface area contributed by atoms with Gasteiger partial charge in [0.05, 0.1) is 0 Å². The third-order valence-corrected chi connectivity index (χ3v) is 1.55. The van der Waals surface area contributed by atoms with Gasteiger partial charge in [0.15, 0.2) is 0 Å². The highest BCUT2D eigenvalue weighted by molar-refractivity contribution is 6.32. The molecule has 0 amide bonds. The summed E-state index contributed by atoms with van der Waals surface area (Å²) in [7, 11) is 2.32. The standard InChI is InChI=1S/C6H13BN/c1-2-5-8-6-3-4-7-8/h2-6H2,1H3. The molecule has 0 unspecified atom stereocenters. The highest BCUT2D eigenvalue weighted by Gasteiger charge is 2.10. The van der Waals surface area contributed by atoms with E-state index in [0.717, 1.165) is 0 Å². The van der Waals surface area contributed by atoms with Crippen molar-refractivity contribution in [1.82, 2.24) is 4.81 Å². The average Bonchev–Trinajstić information content (AvgIpc) is 2.19. The fourth-order valence-corrected chi connectivity index (χ4v) is 1.15. The van der Waals surface area contributed by atoms with Gasteiger partial charge in [-0.15, -0.1) is 0 Å². The first kappa shape index (κ1) is 6.15. The predicted molar refractivity (Wildman–Crippen MR) is 37.0 cm³/mol. The first-order valence-corrected chi connectivity index (χ1v) is 3.51. The monoisotopic (exact) mass is 110 g/mol.